The van der Waals surface area contributed by atoms with Crippen molar-refractivity contribution in [3.63, 3.8) is 0 Å². The quantitative estimate of drug-likeness (QED) is 0.172. The van der Waals surface area contributed by atoms with E-state index in [0.29, 0.717) is 0 Å². The van der Waals surface area contributed by atoms with Gasteiger partial charge in [0.15, 0.2) is 5.75 Å². The van der Waals surface area contributed by atoms with E-state index >= 15 is 0 Å². The lowest BCUT2D eigenvalue weighted by Gasteiger charge is -2.38. The van der Waals surface area contributed by atoms with Crippen LogP contribution in [0.25, 0.3) is 11.1 Å². The van der Waals surface area contributed by atoms with Gasteiger partial charge in [0.25, 0.3) is 0 Å². The molecule has 0 saturated carbocycles. The molecule has 1 aliphatic heterocycles. The fourth-order valence-electron chi connectivity index (χ4n) is 8.27. The lowest BCUT2D eigenvalue weighted by Crippen LogP contribution is -2.29. The monoisotopic (exact) mass is 649 g/mol. The molecule has 236 valence electrons. The van der Waals surface area contributed by atoms with Gasteiger partial charge < -0.3 is 9.64 Å². The van der Waals surface area contributed by atoms with Gasteiger partial charge in [-0.2, -0.15) is 0 Å². The summed E-state index contributed by atoms with van der Waals surface area (Å²) in [5.41, 5.74) is 12.4. The zero-order valence-corrected chi connectivity index (χ0v) is 28.8. The first kappa shape index (κ1) is 29.7. The largest absolute Gasteiger partial charge is 0.455 e. The van der Waals surface area contributed by atoms with E-state index in [1.807, 2.05) is 0 Å². The van der Waals surface area contributed by atoms with Crippen molar-refractivity contribution in [2.24, 2.45) is 0 Å². The standard InChI is InChI=1S/C46H36NOP/c1-45(2)40-22-10-11-25-43(40)48-44-41(45)23-13-24-42(44)47(33-26-28-35(49)29-27-33)34-17-12-16-32(30-34)46(31-14-4-3-5-15-31)38-20-8-6-18-36(38)37-19-7-9-21-39(37)46/h3-30H,49H2,1-2H3. The van der Waals surface area contributed by atoms with Crippen LogP contribution in [0.2, 0.25) is 0 Å². The molecule has 7 aromatic rings. The molecule has 1 unspecified atom stereocenters. The molecule has 2 nitrogen and oxygen atoms in total. The highest BCUT2D eigenvalue weighted by Gasteiger charge is 2.46. The Kier molecular flexibility index (Phi) is 6.87. The van der Waals surface area contributed by atoms with E-state index < -0.39 is 5.41 Å². The molecular weight excluding hydrogens is 613 g/mol. The van der Waals surface area contributed by atoms with Crippen LogP contribution in [0.15, 0.2) is 170 Å². The van der Waals surface area contributed by atoms with Crippen LogP contribution in [-0.4, -0.2) is 0 Å². The summed E-state index contributed by atoms with van der Waals surface area (Å²) < 4.78 is 6.86. The molecule has 0 aromatic heterocycles. The van der Waals surface area contributed by atoms with Gasteiger partial charge in [-0.3, -0.25) is 0 Å². The second kappa shape index (κ2) is 11.3. The number of anilines is 3. The summed E-state index contributed by atoms with van der Waals surface area (Å²) in [6.45, 7) is 4.59. The molecule has 9 rings (SSSR count). The molecule has 2 aliphatic rings. The van der Waals surface area contributed by atoms with Gasteiger partial charge in [0, 0.05) is 27.9 Å². The fourth-order valence-corrected chi connectivity index (χ4v) is 8.46. The maximum Gasteiger partial charge on any atom is 0.155 e. The van der Waals surface area contributed by atoms with Gasteiger partial charge in [-0.25, -0.2) is 0 Å². The van der Waals surface area contributed by atoms with Crippen molar-refractivity contribution >= 4 is 31.6 Å². The third kappa shape index (κ3) is 4.44. The third-order valence-electron chi connectivity index (χ3n) is 10.5. The molecule has 1 atom stereocenters. The molecule has 3 heteroatoms. The van der Waals surface area contributed by atoms with Gasteiger partial charge in [0.2, 0.25) is 0 Å². The van der Waals surface area contributed by atoms with E-state index in [0.717, 1.165) is 33.9 Å². The molecule has 49 heavy (non-hydrogen) atoms. The van der Waals surface area contributed by atoms with Crippen LogP contribution in [0, 0.1) is 0 Å². The topological polar surface area (TPSA) is 12.5 Å². The average Bonchev–Trinajstić information content (AvgIpc) is 3.45. The third-order valence-corrected chi connectivity index (χ3v) is 10.9. The van der Waals surface area contributed by atoms with Crippen molar-refractivity contribution < 1.29 is 4.74 Å². The van der Waals surface area contributed by atoms with E-state index in [1.54, 1.807) is 0 Å². The predicted molar refractivity (Wildman–Crippen MR) is 206 cm³/mol. The number of hydrogen-bond donors (Lipinski definition) is 0. The van der Waals surface area contributed by atoms with Crippen LogP contribution in [0.5, 0.6) is 11.5 Å². The van der Waals surface area contributed by atoms with Gasteiger partial charge in [-0.05, 0) is 75.1 Å². The molecule has 0 bridgehead atoms. The van der Waals surface area contributed by atoms with E-state index in [9.17, 15) is 0 Å². The summed E-state index contributed by atoms with van der Waals surface area (Å²) in [5, 5.41) is 1.14. The van der Waals surface area contributed by atoms with Crippen molar-refractivity contribution in [2.45, 2.75) is 24.7 Å². The van der Waals surface area contributed by atoms with Crippen molar-refractivity contribution in [3.8, 4) is 22.6 Å². The maximum atomic E-state index is 6.86. The summed E-state index contributed by atoms with van der Waals surface area (Å²) >= 11 is 0. The van der Waals surface area contributed by atoms with Crippen LogP contribution in [-0.2, 0) is 10.8 Å². The Morgan fingerprint density at radius 2 is 1.06 bits per heavy atom. The zero-order valence-electron chi connectivity index (χ0n) is 27.6. The highest BCUT2D eigenvalue weighted by molar-refractivity contribution is 7.27. The van der Waals surface area contributed by atoms with Crippen molar-refractivity contribution in [2.75, 3.05) is 4.90 Å². The van der Waals surface area contributed by atoms with Gasteiger partial charge in [-0.15, -0.1) is 9.24 Å². The number of benzene rings is 7. The van der Waals surface area contributed by atoms with Crippen molar-refractivity contribution in [1.29, 1.82) is 0 Å². The summed E-state index contributed by atoms with van der Waals surface area (Å²) in [6.07, 6.45) is 0. The number of rotatable bonds is 5. The lowest BCUT2D eigenvalue weighted by atomic mass is 9.67. The van der Waals surface area contributed by atoms with Crippen LogP contribution in [0.3, 0.4) is 0 Å². The van der Waals surface area contributed by atoms with Crippen molar-refractivity contribution in [3.05, 3.63) is 203 Å². The van der Waals surface area contributed by atoms with Crippen LogP contribution in [0.4, 0.5) is 17.1 Å². The summed E-state index contributed by atoms with van der Waals surface area (Å²) in [6, 6.07) is 61.7. The number of nitrogens with zero attached hydrogens (tertiary/aromatic N) is 1. The number of para-hydroxylation sites is 2. The van der Waals surface area contributed by atoms with Gasteiger partial charge in [0.05, 0.1) is 11.1 Å². The maximum absolute atomic E-state index is 6.86. The van der Waals surface area contributed by atoms with Gasteiger partial charge >= 0.3 is 0 Å². The Labute approximate surface area is 290 Å². The Morgan fingerprint density at radius 1 is 0.490 bits per heavy atom. The second-order valence-corrected chi connectivity index (χ2v) is 14.2. The molecule has 0 amide bonds. The van der Waals surface area contributed by atoms with Crippen LogP contribution in [0.1, 0.15) is 47.2 Å². The highest BCUT2D eigenvalue weighted by Crippen LogP contribution is 2.57. The van der Waals surface area contributed by atoms with Crippen molar-refractivity contribution in [1.82, 2.24) is 0 Å². The summed E-state index contributed by atoms with van der Waals surface area (Å²) in [4.78, 5) is 2.36. The Balaban J connectivity index is 1.31. The summed E-state index contributed by atoms with van der Waals surface area (Å²) in [5.74, 6) is 1.80. The number of ether oxygens (including phenoxy) is 1. The van der Waals surface area contributed by atoms with Crippen LogP contribution < -0.4 is 14.9 Å². The SMILES string of the molecule is CC1(C)c2ccccc2Oc2c(N(c3ccc(P)cc3)c3cccc(C4(c5ccccc5)c5ccccc5-c5ccccc54)c3)cccc21. The van der Waals surface area contributed by atoms with E-state index in [1.165, 1.54) is 44.5 Å². The van der Waals surface area contributed by atoms with E-state index in [-0.39, 0.29) is 5.41 Å². The smallest absolute Gasteiger partial charge is 0.155 e. The Hall–Kier alpha value is -5.43. The van der Waals surface area contributed by atoms with Crippen LogP contribution >= 0.6 is 9.24 Å². The summed E-state index contributed by atoms with van der Waals surface area (Å²) in [7, 11) is 2.82. The second-order valence-electron chi connectivity index (χ2n) is 13.6. The molecule has 0 spiro atoms. The normalized spacial score (nSPS) is 14.5. The van der Waals surface area contributed by atoms with E-state index in [2.05, 4.69) is 198 Å². The highest BCUT2D eigenvalue weighted by atomic mass is 31.0. The molecule has 1 heterocycles. The predicted octanol–water partition coefficient (Wildman–Crippen LogP) is 11.5. The minimum absolute atomic E-state index is 0.230. The number of hydrogen-bond acceptors (Lipinski definition) is 2. The first-order chi connectivity index (χ1) is 24.0. The Morgan fingerprint density at radius 3 is 1.78 bits per heavy atom. The first-order valence-electron chi connectivity index (χ1n) is 16.9. The number of fused-ring (bicyclic) bond motifs is 5. The zero-order chi connectivity index (χ0) is 33.2. The molecule has 0 N–H and O–H groups in total. The fraction of sp³-hybridized carbons (Fsp3) is 0.0870. The molecule has 0 radical (unpaired) electrons. The first-order valence-corrected chi connectivity index (χ1v) is 17.5. The van der Waals surface area contributed by atoms with Gasteiger partial charge in [-0.1, -0.05) is 147 Å². The Bertz CT molecular complexity index is 2310. The van der Waals surface area contributed by atoms with E-state index in [4.69, 9.17) is 4.74 Å². The molecule has 0 saturated heterocycles. The minimum Gasteiger partial charge on any atom is -0.455 e. The molecule has 1 aliphatic carbocycles. The molecule has 7 aromatic carbocycles. The molecule has 0 fully saturated rings. The minimum atomic E-state index is -0.492. The van der Waals surface area contributed by atoms with Gasteiger partial charge in [0.1, 0.15) is 5.75 Å². The molecular formula is C46H36NOP. The average molecular weight is 650 g/mol. The lowest BCUT2D eigenvalue weighted by molar-refractivity contribution is 0.419.